The Morgan fingerprint density at radius 1 is 0.708 bits per heavy atom. The standard InChI is InChI=1S/C17H10Cl2O5/c18-12-5-1-3-10-11-4-2-6-13(19)15(11)17(22)24-8-9(20)7-23-16(21)14(10)12/h1-6H,7-8H2. The van der Waals surface area contributed by atoms with Crippen LogP contribution in [0.25, 0.3) is 11.1 Å². The smallest absolute Gasteiger partial charge is 0.340 e. The van der Waals surface area contributed by atoms with E-state index in [0.717, 1.165) is 0 Å². The third kappa shape index (κ3) is 3.00. The Balaban J connectivity index is 2.31. The number of Topliss-reactive ketones (excluding diaryl/α,β-unsaturated/α-hetero) is 1. The highest BCUT2D eigenvalue weighted by molar-refractivity contribution is 6.36. The van der Waals surface area contributed by atoms with E-state index in [-0.39, 0.29) is 21.2 Å². The Morgan fingerprint density at radius 2 is 1.12 bits per heavy atom. The van der Waals surface area contributed by atoms with Crippen molar-refractivity contribution in [2.75, 3.05) is 13.2 Å². The second-order valence-corrected chi connectivity index (χ2v) is 5.83. The molecule has 24 heavy (non-hydrogen) atoms. The third-order valence-electron chi connectivity index (χ3n) is 3.45. The van der Waals surface area contributed by atoms with Gasteiger partial charge in [-0.25, -0.2) is 9.59 Å². The molecule has 0 saturated carbocycles. The first-order chi connectivity index (χ1) is 11.5. The van der Waals surface area contributed by atoms with Crippen LogP contribution in [0.5, 0.6) is 0 Å². The lowest BCUT2D eigenvalue weighted by Crippen LogP contribution is -2.20. The molecule has 2 aromatic carbocycles. The minimum Gasteiger partial charge on any atom is -0.454 e. The predicted molar refractivity (Wildman–Crippen MR) is 87.5 cm³/mol. The van der Waals surface area contributed by atoms with Gasteiger partial charge in [-0.15, -0.1) is 0 Å². The number of esters is 2. The molecule has 0 unspecified atom stereocenters. The lowest BCUT2D eigenvalue weighted by atomic mass is 9.95. The fourth-order valence-electron chi connectivity index (χ4n) is 2.39. The van der Waals surface area contributed by atoms with E-state index in [1.807, 2.05) is 0 Å². The van der Waals surface area contributed by atoms with E-state index in [4.69, 9.17) is 32.7 Å². The van der Waals surface area contributed by atoms with Gasteiger partial charge in [0.05, 0.1) is 21.2 Å². The molecular formula is C17H10Cl2O5. The van der Waals surface area contributed by atoms with Gasteiger partial charge in [0, 0.05) is 0 Å². The zero-order chi connectivity index (χ0) is 17.3. The molecular weight excluding hydrogens is 355 g/mol. The van der Waals surface area contributed by atoms with Gasteiger partial charge in [-0.05, 0) is 23.3 Å². The third-order valence-corrected chi connectivity index (χ3v) is 4.08. The highest BCUT2D eigenvalue weighted by Crippen LogP contribution is 2.35. The van der Waals surface area contributed by atoms with E-state index >= 15 is 0 Å². The summed E-state index contributed by atoms with van der Waals surface area (Å²) in [6, 6.07) is 9.54. The molecule has 0 bridgehead atoms. The number of hydrogen-bond acceptors (Lipinski definition) is 5. The van der Waals surface area contributed by atoms with Crippen LogP contribution in [0.4, 0.5) is 0 Å². The Labute approximate surface area is 147 Å². The molecule has 0 radical (unpaired) electrons. The molecule has 3 rings (SSSR count). The second-order valence-electron chi connectivity index (χ2n) is 5.02. The molecule has 1 aliphatic rings. The summed E-state index contributed by atoms with van der Waals surface area (Å²) in [6.07, 6.45) is 0. The maximum atomic E-state index is 12.4. The molecule has 5 nitrogen and oxygen atoms in total. The summed E-state index contributed by atoms with van der Waals surface area (Å²) in [5.41, 5.74) is 0.864. The van der Waals surface area contributed by atoms with Gasteiger partial charge in [0.2, 0.25) is 5.78 Å². The lowest BCUT2D eigenvalue weighted by Gasteiger charge is -2.13. The molecule has 0 amide bonds. The fraction of sp³-hybridized carbons (Fsp3) is 0.118. The largest absolute Gasteiger partial charge is 0.454 e. The number of halogens is 2. The summed E-state index contributed by atoms with van der Waals surface area (Å²) >= 11 is 12.3. The first-order valence-electron chi connectivity index (χ1n) is 6.92. The van der Waals surface area contributed by atoms with Crippen molar-refractivity contribution < 1.29 is 23.9 Å². The Hall–Kier alpha value is -2.37. The van der Waals surface area contributed by atoms with Crippen LogP contribution in [0.2, 0.25) is 10.0 Å². The highest BCUT2D eigenvalue weighted by Gasteiger charge is 2.26. The lowest BCUT2D eigenvalue weighted by molar-refractivity contribution is -0.125. The molecule has 0 N–H and O–H groups in total. The summed E-state index contributed by atoms with van der Waals surface area (Å²) in [5.74, 6) is -2.07. The Kier molecular flexibility index (Phi) is 4.55. The van der Waals surface area contributed by atoms with Gasteiger partial charge < -0.3 is 9.47 Å². The quantitative estimate of drug-likeness (QED) is 0.668. The summed E-state index contributed by atoms with van der Waals surface area (Å²) < 4.78 is 9.95. The molecule has 0 aromatic heterocycles. The Bertz CT molecular complexity index is 791. The monoisotopic (exact) mass is 364 g/mol. The maximum Gasteiger partial charge on any atom is 0.340 e. The van der Waals surface area contributed by atoms with Gasteiger partial charge >= 0.3 is 11.9 Å². The first kappa shape index (κ1) is 16.5. The van der Waals surface area contributed by atoms with Crippen molar-refractivity contribution in [3.05, 3.63) is 57.6 Å². The van der Waals surface area contributed by atoms with Crippen molar-refractivity contribution >= 4 is 40.9 Å². The number of carbonyl (C=O) groups excluding carboxylic acids is 3. The van der Waals surface area contributed by atoms with Crippen LogP contribution in [0, 0.1) is 0 Å². The van der Waals surface area contributed by atoms with Crippen LogP contribution in [-0.4, -0.2) is 30.9 Å². The number of ketones is 1. The number of hydrogen-bond donors (Lipinski definition) is 0. The van der Waals surface area contributed by atoms with Crippen LogP contribution < -0.4 is 0 Å². The number of carbonyl (C=O) groups is 3. The SMILES string of the molecule is O=C1COC(=O)c2c(Cl)cccc2-c2cccc(Cl)c2C(=O)OC1. The highest BCUT2D eigenvalue weighted by atomic mass is 35.5. The molecule has 0 atom stereocenters. The number of cyclic esters (lactones) is 2. The van der Waals surface area contributed by atoms with Crippen LogP contribution in [0.15, 0.2) is 36.4 Å². The maximum absolute atomic E-state index is 12.4. The molecule has 1 heterocycles. The van der Waals surface area contributed by atoms with Crippen LogP contribution in [0.3, 0.4) is 0 Å². The molecule has 122 valence electrons. The van der Waals surface area contributed by atoms with Crippen molar-refractivity contribution in [2.24, 2.45) is 0 Å². The van der Waals surface area contributed by atoms with E-state index < -0.39 is 30.9 Å². The molecule has 2 aromatic rings. The van der Waals surface area contributed by atoms with E-state index in [9.17, 15) is 14.4 Å². The average Bonchev–Trinajstić information content (AvgIpc) is 2.58. The van der Waals surface area contributed by atoms with Gasteiger partial charge in [0.1, 0.15) is 0 Å². The zero-order valence-electron chi connectivity index (χ0n) is 12.2. The molecule has 0 saturated heterocycles. The first-order valence-corrected chi connectivity index (χ1v) is 7.68. The molecule has 7 heteroatoms. The van der Waals surface area contributed by atoms with Gasteiger partial charge in [-0.2, -0.15) is 0 Å². The summed E-state index contributed by atoms with van der Waals surface area (Å²) in [7, 11) is 0. The number of benzene rings is 2. The van der Waals surface area contributed by atoms with Crippen LogP contribution in [0.1, 0.15) is 20.7 Å². The fourth-order valence-corrected chi connectivity index (χ4v) is 2.89. The van der Waals surface area contributed by atoms with Crippen molar-refractivity contribution in [1.82, 2.24) is 0 Å². The number of ether oxygens (including phenoxy) is 2. The molecule has 0 aliphatic carbocycles. The topological polar surface area (TPSA) is 69.7 Å². The van der Waals surface area contributed by atoms with Crippen molar-refractivity contribution in [1.29, 1.82) is 0 Å². The zero-order valence-corrected chi connectivity index (χ0v) is 13.7. The van der Waals surface area contributed by atoms with Crippen molar-refractivity contribution in [3.8, 4) is 11.1 Å². The van der Waals surface area contributed by atoms with Crippen molar-refractivity contribution in [2.45, 2.75) is 0 Å². The molecule has 1 aliphatic heterocycles. The van der Waals surface area contributed by atoms with Gasteiger partial charge in [0.25, 0.3) is 0 Å². The molecule has 0 fully saturated rings. The summed E-state index contributed by atoms with van der Waals surface area (Å²) in [4.78, 5) is 36.4. The molecule has 0 spiro atoms. The van der Waals surface area contributed by atoms with E-state index in [1.54, 1.807) is 24.3 Å². The Morgan fingerprint density at radius 3 is 1.54 bits per heavy atom. The van der Waals surface area contributed by atoms with E-state index in [0.29, 0.717) is 11.1 Å². The van der Waals surface area contributed by atoms with Gasteiger partial charge in [0.15, 0.2) is 13.2 Å². The van der Waals surface area contributed by atoms with Crippen LogP contribution >= 0.6 is 23.2 Å². The van der Waals surface area contributed by atoms with Gasteiger partial charge in [-0.1, -0.05) is 47.5 Å². The van der Waals surface area contributed by atoms with Crippen molar-refractivity contribution in [3.63, 3.8) is 0 Å². The van der Waals surface area contributed by atoms with Gasteiger partial charge in [-0.3, -0.25) is 4.79 Å². The van der Waals surface area contributed by atoms with Crippen LogP contribution in [-0.2, 0) is 14.3 Å². The normalized spacial score (nSPS) is 14.8. The second kappa shape index (κ2) is 6.63. The minimum atomic E-state index is -0.760. The summed E-state index contributed by atoms with van der Waals surface area (Å²) in [6.45, 7) is -1.03. The number of fused-ring (bicyclic) bond motifs is 3. The minimum absolute atomic E-state index is 0.0604. The predicted octanol–water partition coefficient (Wildman–Crippen LogP) is 3.56. The average molecular weight is 365 g/mol. The number of rotatable bonds is 0. The van der Waals surface area contributed by atoms with E-state index in [2.05, 4.69) is 0 Å². The van der Waals surface area contributed by atoms with E-state index in [1.165, 1.54) is 12.1 Å². The summed E-state index contributed by atoms with van der Waals surface area (Å²) in [5, 5.41) is 0.284.